The molecule has 9 heteroatoms. The molecule has 2 rings (SSSR count). The molecule has 0 bridgehead atoms. The molecule has 0 saturated carbocycles. The van der Waals surface area contributed by atoms with E-state index in [1.165, 1.54) is 11.3 Å². The average molecular weight is 494 g/mol. The van der Waals surface area contributed by atoms with Crippen molar-refractivity contribution < 1.29 is 0 Å². The van der Waals surface area contributed by atoms with Crippen LogP contribution in [0.3, 0.4) is 0 Å². The SMILES string of the molecule is CCNC(=NCc1c(C)nn(C)c1C)NCCCSc1nccs1.I. The minimum absolute atomic E-state index is 0. The van der Waals surface area contributed by atoms with Gasteiger partial charge in [-0.3, -0.25) is 4.68 Å². The van der Waals surface area contributed by atoms with Crippen LogP contribution >= 0.6 is 47.1 Å². The number of nitrogens with one attached hydrogen (secondary N) is 2. The smallest absolute Gasteiger partial charge is 0.191 e. The van der Waals surface area contributed by atoms with Crippen LogP contribution in [0.4, 0.5) is 0 Å². The van der Waals surface area contributed by atoms with Crippen LogP contribution in [0.25, 0.3) is 0 Å². The highest BCUT2D eigenvalue weighted by molar-refractivity contribution is 14.0. The maximum Gasteiger partial charge on any atom is 0.191 e. The Morgan fingerprint density at radius 1 is 1.36 bits per heavy atom. The average Bonchev–Trinajstić information content (AvgIpc) is 3.15. The number of hydrogen-bond acceptors (Lipinski definition) is 5. The van der Waals surface area contributed by atoms with Gasteiger partial charge in [-0.25, -0.2) is 9.98 Å². The summed E-state index contributed by atoms with van der Waals surface area (Å²) in [6.07, 6.45) is 2.92. The fourth-order valence-electron chi connectivity index (χ4n) is 2.27. The molecule has 0 aromatic carbocycles. The topological polar surface area (TPSA) is 67.1 Å². The fourth-order valence-corrected chi connectivity index (χ4v) is 3.91. The van der Waals surface area contributed by atoms with E-state index in [1.807, 2.05) is 30.2 Å². The van der Waals surface area contributed by atoms with Crippen molar-refractivity contribution in [3.05, 3.63) is 28.5 Å². The van der Waals surface area contributed by atoms with Crippen molar-refractivity contribution in [3.8, 4) is 0 Å². The first-order valence-electron chi connectivity index (χ1n) is 8.15. The molecule has 25 heavy (non-hydrogen) atoms. The molecule has 0 unspecified atom stereocenters. The summed E-state index contributed by atoms with van der Waals surface area (Å²) in [5, 5.41) is 13.2. The van der Waals surface area contributed by atoms with Crippen LogP contribution < -0.4 is 10.6 Å². The Bertz CT molecular complexity index is 654. The molecule has 0 aliphatic rings. The van der Waals surface area contributed by atoms with Crippen molar-refractivity contribution in [1.82, 2.24) is 25.4 Å². The Kier molecular flexibility index (Phi) is 10.4. The molecule has 0 fully saturated rings. The van der Waals surface area contributed by atoms with Crippen LogP contribution in [0, 0.1) is 13.8 Å². The molecule has 2 heterocycles. The maximum atomic E-state index is 4.69. The zero-order chi connectivity index (χ0) is 17.4. The van der Waals surface area contributed by atoms with Crippen LogP contribution in [0.15, 0.2) is 20.9 Å². The number of hydrogen-bond donors (Lipinski definition) is 2. The molecule has 2 aromatic heterocycles. The van der Waals surface area contributed by atoms with Gasteiger partial charge in [-0.1, -0.05) is 11.8 Å². The van der Waals surface area contributed by atoms with E-state index in [0.717, 1.165) is 41.3 Å². The van der Waals surface area contributed by atoms with Crippen molar-refractivity contribution >= 4 is 53.0 Å². The van der Waals surface area contributed by atoms with Gasteiger partial charge in [-0.2, -0.15) is 5.10 Å². The molecule has 0 aliphatic carbocycles. The van der Waals surface area contributed by atoms with E-state index in [-0.39, 0.29) is 24.0 Å². The Morgan fingerprint density at radius 2 is 2.16 bits per heavy atom. The lowest BCUT2D eigenvalue weighted by Gasteiger charge is -2.11. The maximum absolute atomic E-state index is 4.69. The monoisotopic (exact) mass is 494 g/mol. The summed E-state index contributed by atoms with van der Waals surface area (Å²) >= 11 is 3.50. The summed E-state index contributed by atoms with van der Waals surface area (Å²) in [6.45, 7) is 8.60. The van der Waals surface area contributed by atoms with Gasteiger partial charge in [0.15, 0.2) is 5.96 Å². The van der Waals surface area contributed by atoms with Crippen LogP contribution in [-0.2, 0) is 13.6 Å². The molecule has 6 nitrogen and oxygen atoms in total. The Balaban J connectivity index is 0.00000312. The van der Waals surface area contributed by atoms with E-state index >= 15 is 0 Å². The Hall–Kier alpha value is -0.810. The van der Waals surface area contributed by atoms with Gasteiger partial charge in [-0.15, -0.1) is 35.3 Å². The lowest BCUT2D eigenvalue weighted by atomic mass is 10.2. The number of halogens is 1. The largest absolute Gasteiger partial charge is 0.357 e. The van der Waals surface area contributed by atoms with Crippen molar-refractivity contribution in [2.75, 3.05) is 18.8 Å². The predicted molar refractivity (Wildman–Crippen MR) is 118 cm³/mol. The number of aromatic nitrogens is 3. The molecule has 0 aliphatic heterocycles. The minimum atomic E-state index is 0. The second-order valence-electron chi connectivity index (χ2n) is 5.39. The lowest BCUT2D eigenvalue weighted by molar-refractivity contribution is 0.729. The lowest BCUT2D eigenvalue weighted by Crippen LogP contribution is -2.37. The Labute approximate surface area is 175 Å². The number of thiazole rings is 1. The molecular weight excluding hydrogens is 467 g/mol. The van der Waals surface area contributed by atoms with Gasteiger partial charge in [0.2, 0.25) is 0 Å². The molecule has 2 aromatic rings. The van der Waals surface area contributed by atoms with Gasteiger partial charge in [0.25, 0.3) is 0 Å². The van der Waals surface area contributed by atoms with Gasteiger partial charge < -0.3 is 10.6 Å². The molecule has 0 saturated heterocycles. The van der Waals surface area contributed by atoms with E-state index in [4.69, 9.17) is 4.99 Å². The summed E-state index contributed by atoms with van der Waals surface area (Å²) in [7, 11) is 1.97. The number of rotatable bonds is 8. The zero-order valence-electron chi connectivity index (χ0n) is 15.2. The number of nitrogens with zero attached hydrogens (tertiary/aromatic N) is 4. The van der Waals surface area contributed by atoms with E-state index in [2.05, 4.69) is 34.6 Å². The Morgan fingerprint density at radius 3 is 2.76 bits per heavy atom. The standard InChI is InChI=1S/C16H26N6S2.HI/c1-5-17-15(18-7-6-9-23-16-19-8-10-24-16)20-11-14-12(2)21-22(4)13(14)3;/h8,10H,5-7,9,11H2,1-4H3,(H2,17,18,20);1H. The number of aliphatic imine (C=N–C) groups is 1. The third-order valence-electron chi connectivity index (χ3n) is 3.65. The number of aryl methyl sites for hydroxylation is 2. The van der Waals surface area contributed by atoms with Crippen LogP contribution in [-0.4, -0.2) is 39.6 Å². The van der Waals surface area contributed by atoms with Gasteiger partial charge in [0.05, 0.1) is 12.2 Å². The minimum Gasteiger partial charge on any atom is -0.357 e. The summed E-state index contributed by atoms with van der Waals surface area (Å²) in [5.74, 6) is 1.92. The molecule has 0 atom stereocenters. The van der Waals surface area contributed by atoms with E-state index in [0.29, 0.717) is 6.54 Å². The molecular formula is C16H27IN6S2. The van der Waals surface area contributed by atoms with Crippen LogP contribution in [0.1, 0.15) is 30.3 Å². The predicted octanol–water partition coefficient (Wildman–Crippen LogP) is 3.35. The van der Waals surface area contributed by atoms with Crippen LogP contribution in [0.2, 0.25) is 0 Å². The fraction of sp³-hybridized carbons (Fsp3) is 0.562. The highest BCUT2D eigenvalue weighted by Gasteiger charge is 2.08. The second kappa shape index (κ2) is 11.7. The van der Waals surface area contributed by atoms with Gasteiger partial charge in [0.1, 0.15) is 4.34 Å². The van der Waals surface area contributed by atoms with Crippen molar-refractivity contribution in [2.45, 2.75) is 38.1 Å². The first-order chi connectivity index (χ1) is 11.6. The molecule has 0 amide bonds. The van der Waals surface area contributed by atoms with Crippen LogP contribution in [0.5, 0.6) is 0 Å². The third kappa shape index (κ3) is 7.14. The molecule has 0 radical (unpaired) electrons. The summed E-state index contributed by atoms with van der Waals surface area (Å²) < 4.78 is 3.05. The number of guanidine groups is 1. The van der Waals surface area contributed by atoms with Crippen molar-refractivity contribution in [1.29, 1.82) is 0 Å². The van der Waals surface area contributed by atoms with Gasteiger partial charge in [-0.05, 0) is 27.2 Å². The van der Waals surface area contributed by atoms with Gasteiger partial charge >= 0.3 is 0 Å². The zero-order valence-corrected chi connectivity index (χ0v) is 19.2. The highest BCUT2D eigenvalue weighted by Crippen LogP contribution is 2.20. The van der Waals surface area contributed by atoms with E-state index < -0.39 is 0 Å². The quantitative estimate of drug-likeness (QED) is 0.194. The van der Waals surface area contributed by atoms with Crippen molar-refractivity contribution in [3.63, 3.8) is 0 Å². The molecule has 0 spiro atoms. The summed E-state index contributed by atoms with van der Waals surface area (Å²) in [4.78, 5) is 8.97. The van der Waals surface area contributed by atoms with E-state index in [1.54, 1.807) is 23.1 Å². The van der Waals surface area contributed by atoms with Gasteiger partial charge in [0, 0.05) is 48.7 Å². The molecule has 140 valence electrons. The summed E-state index contributed by atoms with van der Waals surface area (Å²) in [6, 6.07) is 0. The molecule has 2 N–H and O–H groups in total. The normalized spacial score (nSPS) is 11.3. The first-order valence-corrected chi connectivity index (χ1v) is 10.0. The number of thioether (sulfide) groups is 1. The first kappa shape index (κ1) is 22.2. The van der Waals surface area contributed by atoms with E-state index in [9.17, 15) is 0 Å². The highest BCUT2D eigenvalue weighted by atomic mass is 127. The van der Waals surface area contributed by atoms with Crippen molar-refractivity contribution in [2.24, 2.45) is 12.0 Å². The second-order valence-corrected chi connectivity index (χ2v) is 7.63. The summed E-state index contributed by atoms with van der Waals surface area (Å²) in [5.41, 5.74) is 3.43. The third-order valence-corrected chi connectivity index (χ3v) is 5.70.